The van der Waals surface area contributed by atoms with Crippen LogP contribution in [0.15, 0.2) is 21.9 Å². The molecule has 1 saturated carbocycles. The van der Waals surface area contributed by atoms with Crippen LogP contribution in [0.4, 0.5) is 0 Å². The topological polar surface area (TPSA) is 75.1 Å². The third-order valence-corrected chi connectivity index (χ3v) is 2.71. The molecule has 0 atom stereocenters. The zero-order valence-electron chi connectivity index (χ0n) is 7.64. The quantitative estimate of drug-likeness (QED) is 0.668. The molecule has 1 aliphatic carbocycles. The van der Waals surface area contributed by atoms with Gasteiger partial charge in [-0.15, -0.1) is 0 Å². The summed E-state index contributed by atoms with van der Waals surface area (Å²) in [6.07, 6.45) is 3.13. The van der Waals surface area contributed by atoms with Crippen molar-refractivity contribution in [3.05, 3.63) is 33.1 Å². The van der Waals surface area contributed by atoms with Crippen LogP contribution < -0.4 is 11.2 Å². The van der Waals surface area contributed by atoms with Crippen LogP contribution in [-0.2, 0) is 0 Å². The fourth-order valence-corrected chi connectivity index (χ4v) is 1.79. The average Bonchev–Trinajstić information content (AvgIpc) is 2.06. The number of H-pyrrole nitrogens is 1. The largest absolute Gasteiger partial charge is 0.396 e. The normalized spacial score (nSPS) is 25.8. The van der Waals surface area contributed by atoms with Crippen LogP contribution in [0.25, 0.3) is 0 Å². The summed E-state index contributed by atoms with van der Waals surface area (Å²) < 4.78 is 1.52. The Kier molecular flexibility index (Phi) is 2.25. The lowest BCUT2D eigenvalue weighted by molar-refractivity contribution is 0.109. The first-order valence-corrected chi connectivity index (χ1v) is 4.63. The fourth-order valence-electron chi connectivity index (χ4n) is 1.79. The molecular weight excluding hydrogens is 184 g/mol. The standard InChI is InChI=1S/C9H12N2O3/c12-5-6-3-7(4-6)11-2-1-8(13)10-9(11)14/h1-2,6-7,12H,3-5H2,(H,10,13,14)/t6-,7-. The number of hydrogen-bond acceptors (Lipinski definition) is 3. The maximum absolute atomic E-state index is 11.3. The summed E-state index contributed by atoms with van der Waals surface area (Å²) in [5, 5.41) is 8.82. The predicted octanol–water partition coefficient (Wildman–Crippen LogP) is -0.520. The van der Waals surface area contributed by atoms with E-state index in [0.29, 0.717) is 5.92 Å². The van der Waals surface area contributed by atoms with E-state index in [1.54, 1.807) is 0 Å². The van der Waals surface area contributed by atoms with E-state index in [-0.39, 0.29) is 23.9 Å². The van der Waals surface area contributed by atoms with E-state index in [1.807, 2.05) is 0 Å². The van der Waals surface area contributed by atoms with Crippen molar-refractivity contribution < 1.29 is 5.11 Å². The molecule has 1 aromatic heterocycles. The summed E-state index contributed by atoms with van der Waals surface area (Å²) in [7, 11) is 0. The van der Waals surface area contributed by atoms with Crippen molar-refractivity contribution in [2.45, 2.75) is 18.9 Å². The van der Waals surface area contributed by atoms with Crippen LogP contribution in [0.2, 0.25) is 0 Å². The van der Waals surface area contributed by atoms with Crippen molar-refractivity contribution >= 4 is 0 Å². The van der Waals surface area contributed by atoms with Gasteiger partial charge in [0, 0.05) is 24.9 Å². The van der Waals surface area contributed by atoms with Gasteiger partial charge in [0.2, 0.25) is 0 Å². The molecule has 0 saturated heterocycles. The van der Waals surface area contributed by atoms with Gasteiger partial charge in [-0.05, 0) is 18.8 Å². The molecule has 1 aromatic rings. The Labute approximate surface area is 80.0 Å². The molecule has 1 heterocycles. The smallest absolute Gasteiger partial charge is 0.328 e. The van der Waals surface area contributed by atoms with E-state index in [4.69, 9.17) is 5.11 Å². The highest BCUT2D eigenvalue weighted by Gasteiger charge is 2.30. The molecule has 14 heavy (non-hydrogen) atoms. The fraction of sp³-hybridized carbons (Fsp3) is 0.556. The van der Waals surface area contributed by atoms with Crippen molar-refractivity contribution in [3.63, 3.8) is 0 Å². The number of rotatable bonds is 2. The lowest BCUT2D eigenvalue weighted by atomic mass is 9.81. The van der Waals surface area contributed by atoms with Gasteiger partial charge in [-0.25, -0.2) is 4.79 Å². The van der Waals surface area contributed by atoms with Gasteiger partial charge in [-0.3, -0.25) is 14.3 Å². The number of nitrogens with zero attached hydrogens (tertiary/aromatic N) is 1. The van der Waals surface area contributed by atoms with Gasteiger partial charge in [-0.2, -0.15) is 0 Å². The van der Waals surface area contributed by atoms with E-state index in [0.717, 1.165) is 12.8 Å². The zero-order chi connectivity index (χ0) is 10.1. The van der Waals surface area contributed by atoms with Crippen molar-refractivity contribution in [1.82, 2.24) is 9.55 Å². The van der Waals surface area contributed by atoms with Crippen LogP contribution in [0, 0.1) is 5.92 Å². The highest BCUT2D eigenvalue weighted by atomic mass is 16.3. The van der Waals surface area contributed by atoms with Crippen molar-refractivity contribution in [1.29, 1.82) is 0 Å². The minimum atomic E-state index is -0.371. The molecule has 0 radical (unpaired) electrons. The van der Waals surface area contributed by atoms with Crippen LogP contribution in [0.5, 0.6) is 0 Å². The van der Waals surface area contributed by atoms with Crippen molar-refractivity contribution in [3.8, 4) is 0 Å². The van der Waals surface area contributed by atoms with E-state index in [2.05, 4.69) is 4.98 Å². The Morgan fingerprint density at radius 2 is 2.21 bits per heavy atom. The van der Waals surface area contributed by atoms with E-state index < -0.39 is 0 Å². The van der Waals surface area contributed by atoms with E-state index in [1.165, 1.54) is 16.8 Å². The van der Waals surface area contributed by atoms with Crippen LogP contribution in [0.1, 0.15) is 18.9 Å². The van der Waals surface area contributed by atoms with Gasteiger partial charge in [0.05, 0.1) is 0 Å². The first-order valence-electron chi connectivity index (χ1n) is 4.63. The number of aliphatic hydroxyl groups is 1. The van der Waals surface area contributed by atoms with Gasteiger partial charge in [0.1, 0.15) is 0 Å². The molecule has 5 heteroatoms. The maximum Gasteiger partial charge on any atom is 0.328 e. The molecule has 1 aliphatic rings. The van der Waals surface area contributed by atoms with Gasteiger partial charge in [-0.1, -0.05) is 0 Å². The maximum atomic E-state index is 11.3. The summed E-state index contributed by atoms with van der Waals surface area (Å²) in [6.45, 7) is 0.175. The van der Waals surface area contributed by atoms with Gasteiger partial charge < -0.3 is 5.11 Å². The molecule has 76 valence electrons. The van der Waals surface area contributed by atoms with Crippen LogP contribution >= 0.6 is 0 Å². The summed E-state index contributed by atoms with van der Waals surface area (Å²) in [5.41, 5.74) is -0.733. The lowest BCUT2D eigenvalue weighted by Gasteiger charge is -2.34. The van der Waals surface area contributed by atoms with E-state index in [9.17, 15) is 9.59 Å². The second-order valence-corrected chi connectivity index (χ2v) is 3.69. The molecule has 1 fully saturated rings. The number of nitrogens with one attached hydrogen (secondary N) is 1. The molecule has 2 N–H and O–H groups in total. The van der Waals surface area contributed by atoms with Gasteiger partial charge in [0.25, 0.3) is 5.56 Å². The molecule has 0 spiro atoms. The summed E-state index contributed by atoms with van der Waals surface area (Å²) in [6, 6.07) is 1.48. The third kappa shape index (κ3) is 1.50. The van der Waals surface area contributed by atoms with Crippen molar-refractivity contribution in [2.24, 2.45) is 5.92 Å². The Morgan fingerprint density at radius 1 is 1.50 bits per heavy atom. The Morgan fingerprint density at radius 3 is 2.79 bits per heavy atom. The number of aliphatic hydroxyl groups excluding tert-OH is 1. The molecule has 0 amide bonds. The first-order chi connectivity index (χ1) is 6.70. The van der Waals surface area contributed by atoms with Gasteiger partial charge >= 0.3 is 5.69 Å². The Balaban J connectivity index is 2.19. The van der Waals surface area contributed by atoms with Gasteiger partial charge in [0.15, 0.2) is 0 Å². The van der Waals surface area contributed by atoms with Crippen LogP contribution in [-0.4, -0.2) is 21.3 Å². The Bertz CT molecular complexity index is 428. The Hall–Kier alpha value is -1.36. The molecule has 0 aromatic carbocycles. The molecule has 0 bridgehead atoms. The lowest BCUT2D eigenvalue weighted by Crippen LogP contribution is -2.38. The highest BCUT2D eigenvalue weighted by Crippen LogP contribution is 2.35. The minimum absolute atomic E-state index is 0.136. The number of aromatic amines is 1. The molecular formula is C9H12N2O3. The monoisotopic (exact) mass is 196 g/mol. The molecule has 0 unspecified atom stereocenters. The molecule has 5 nitrogen and oxygen atoms in total. The van der Waals surface area contributed by atoms with E-state index >= 15 is 0 Å². The average molecular weight is 196 g/mol. The van der Waals surface area contributed by atoms with Crippen molar-refractivity contribution in [2.75, 3.05) is 6.61 Å². The first kappa shape index (κ1) is 9.21. The number of hydrogen-bond donors (Lipinski definition) is 2. The second-order valence-electron chi connectivity index (χ2n) is 3.69. The highest BCUT2D eigenvalue weighted by molar-refractivity contribution is 4.91. The second kappa shape index (κ2) is 3.42. The van der Waals surface area contributed by atoms with Crippen LogP contribution in [0.3, 0.4) is 0 Å². The minimum Gasteiger partial charge on any atom is -0.396 e. The molecule has 0 aliphatic heterocycles. The predicted molar refractivity (Wildman–Crippen MR) is 50.2 cm³/mol. The molecule has 2 rings (SSSR count). The third-order valence-electron chi connectivity index (χ3n) is 2.71. The zero-order valence-corrected chi connectivity index (χ0v) is 7.64. The summed E-state index contributed by atoms with van der Waals surface area (Å²) in [4.78, 5) is 24.3. The SMILES string of the molecule is O=c1ccn([C@H]2C[C@H](CO)C2)c(=O)[nH]1. The number of aromatic nitrogens is 2. The summed E-state index contributed by atoms with van der Waals surface area (Å²) in [5.74, 6) is 0.304. The summed E-state index contributed by atoms with van der Waals surface area (Å²) >= 11 is 0.